The molecule has 0 saturated carbocycles. The highest BCUT2D eigenvalue weighted by atomic mass is 79.9. The molecule has 0 amide bonds. The normalized spacial score (nSPS) is 20.6. The van der Waals surface area contributed by atoms with Crippen LogP contribution in [0.4, 0.5) is 0 Å². The number of nitrogens with one attached hydrogen (secondary N) is 2. The van der Waals surface area contributed by atoms with Crippen LogP contribution in [0.1, 0.15) is 37.0 Å². The van der Waals surface area contributed by atoms with Crippen molar-refractivity contribution in [2.45, 2.75) is 44.7 Å². The van der Waals surface area contributed by atoms with E-state index in [4.69, 9.17) is 0 Å². The third kappa shape index (κ3) is 5.08. The van der Waals surface area contributed by atoms with Crippen LogP contribution in [-0.2, 0) is 6.54 Å². The Morgan fingerprint density at radius 3 is 3.06 bits per heavy atom. The second-order valence-electron chi connectivity index (χ2n) is 4.67. The fourth-order valence-corrected chi connectivity index (χ4v) is 3.75. The van der Waals surface area contributed by atoms with Gasteiger partial charge < -0.3 is 10.6 Å². The molecule has 2 nitrogen and oxygen atoms in total. The second kappa shape index (κ2) is 7.52. The summed E-state index contributed by atoms with van der Waals surface area (Å²) >= 11 is 5.31. The zero-order chi connectivity index (χ0) is 11.9. The van der Waals surface area contributed by atoms with E-state index >= 15 is 0 Å². The lowest BCUT2D eigenvalue weighted by molar-refractivity contribution is 0.373. The Morgan fingerprint density at radius 2 is 2.35 bits per heavy atom. The summed E-state index contributed by atoms with van der Waals surface area (Å²) in [5.41, 5.74) is 0. The standard InChI is InChI=1S/C13H21BrN2S/c14-13-7-6-12(17-13)10-15-8-3-5-11-4-1-2-9-16-11/h6-7,11,15-16H,1-5,8-10H2. The average Bonchev–Trinajstić information content (AvgIpc) is 2.76. The summed E-state index contributed by atoms with van der Waals surface area (Å²) in [6.45, 7) is 3.36. The van der Waals surface area contributed by atoms with Gasteiger partial charge in [0.05, 0.1) is 3.79 Å². The molecular formula is C13H21BrN2S. The van der Waals surface area contributed by atoms with Gasteiger partial charge in [0.2, 0.25) is 0 Å². The molecule has 4 heteroatoms. The molecule has 0 aromatic carbocycles. The Bertz CT molecular complexity index is 321. The lowest BCUT2D eigenvalue weighted by Gasteiger charge is -2.23. The first-order valence-corrected chi connectivity index (χ1v) is 8.14. The molecule has 1 saturated heterocycles. The van der Waals surface area contributed by atoms with Crippen molar-refractivity contribution in [1.82, 2.24) is 10.6 Å². The van der Waals surface area contributed by atoms with Crippen LogP contribution in [0.5, 0.6) is 0 Å². The molecule has 0 bridgehead atoms. The Kier molecular flexibility index (Phi) is 5.98. The minimum atomic E-state index is 0.779. The van der Waals surface area contributed by atoms with Gasteiger partial charge in [0.1, 0.15) is 0 Å². The Labute approximate surface area is 116 Å². The Morgan fingerprint density at radius 1 is 1.41 bits per heavy atom. The molecule has 96 valence electrons. The molecule has 1 aliphatic heterocycles. The van der Waals surface area contributed by atoms with Crippen LogP contribution in [0.3, 0.4) is 0 Å². The Balaban J connectivity index is 1.51. The van der Waals surface area contributed by atoms with Crippen LogP contribution in [0, 0.1) is 0 Å². The van der Waals surface area contributed by atoms with Crippen LogP contribution in [0.25, 0.3) is 0 Å². The van der Waals surface area contributed by atoms with Crippen LogP contribution < -0.4 is 10.6 Å². The van der Waals surface area contributed by atoms with Crippen molar-refractivity contribution in [3.8, 4) is 0 Å². The number of hydrogen-bond acceptors (Lipinski definition) is 3. The van der Waals surface area contributed by atoms with Gasteiger partial charge in [-0.1, -0.05) is 6.42 Å². The van der Waals surface area contributed by atoms with Crippen molar-refractivity contribution in [3.05, 3.63) is 20.8 Å². The van der Waals surface area contributed by atoms with Gasteiger partial charge in [-0.05, 0) is 66.8 Å². The molecule has 0 aliphatic carbocycles. The third-order valence-corrected chi connectivity index (χ3v) is 4.87. The van der Waals surface area contributed by atoms with Crippen LogP contribution >= 0.6 is 27.3 Å². The first kappa shape index (κ1) is 13.5. The quantitative estimate of drug-likeness (QED) is 0.785. The number of rotatable bonds is 6. The van der Waals surface area contributed by atoms with E-state index in [1.54, 1.807) is 0 Å². The van der Waals surface area contributed by atoms with Gasteiger partial charge in [0, 0.05) is 17.5 Å². The molecule has 1 aromatic heterocycles. The summed E-state index contributed by atoms with van der Waals surface area (Å²) in [5.74, 6) is 0. The lowest BCUT2D eigenvalue weighted by atomic mass is 10.0. The smallest absolute Gasteiger partial charge is 0.0701 e. The van der Waals surface area contributed by atoms with E-state index in [1.165, 1.54) is 47.3 Å². The third-order valence-electron chi connectivity index (χ3n) is 3.25. The van der Waals surface area contributed by atoms with Gasteiger partial charge in [-0.15, -0.1) is 11.3 Å². The predicted octanol–water partition coefficient (Wildman–Crippen LogP) is 3.52. The zero-order valence-electron chi connectivity index (χ0n) is 10.2. The molecule has 1 atom stereocenters. The maximum absolute atomic E-state index is 3.60. The highest BCUT2D eigenvalue weighted by Crippen LogP contribution is 2.21. The molecule has 1 unspecified atom stereocenters. The summed E-state index contributed by atoms with van der Waals surface area (Å²) in [6.07, 6.45) is 6.75. The summed E-state index contributed by atoms with van der Waals surface area (Å²) in [6, 6.07) is 5.08. The molecule has 1 aromatic rings. The van der Waals surface area contributed by atoms with Crippen molar-refractivity contribution in [2.24, 2.45) is 0 Å². The second-order valence-corrected chi connectivity index (χ2v) is 7.22. The minimum Gasteiger partial charge on any atom is -0.314 e. The lowest BCUT2D eigenvalue weighted by Crippen LogP contribution is -2.34. The van der Waals surface area contributed by atoms with Crippen LogP contribution in [-0.4, -0.2) is 19.1 Å². The molecule has 17 heavy (non-hydrogen) atoms. The van der Waals surface area contributed by atoms with Crippen LogP contribution in [0.2, 0.25) is 0 Å². The first-order valence-electron chi connectivity index (χ1n) is 6.53. The largest absolute Gasteiger partial charge is 0.314 e. The minimum absolute atomic E-state index is 0.779. The maximum Gasteiger partial charge on any atom is 0.0701 e. The van der Waals surface area contributed by atoms with Crippen molar-refractivity contribution in [3.63, 3.8) is 0 Å². The van der Waals surface area contributed by atoms with Crippen LogP contribution in [0.15, 0.2) is 15.9 Å². The van der Waals surface area contributed by atoms with Gasteiger partial charge in [-0.2, -0.15) is 0 Å². The highest BCUT2D eigenvalue weighted by Gasteiger charge is 2.11. The topological polar surface area (TPSA) is 24.1 Å². The van der Waals surface area contributed by atoms with E-state index in [9.17, 15) is 0 Å². The summed E-state index contributed by atoms with van der Waals surface area (Å²) in [5, 5.41) is 7.12. The van der Waals surface area contributed by atoms with Gasteiger partial charge in [0.15, 0.2) is 0 Å². The van der Waals surface area contributed by atoms with Crippen molar-refractivity contribution >= 4 is 27.3 Å². The van der Waals surface area contributed by atoms with Crippen molar-refractivity contribution < 1.29 is 0 Å². The van der Waals surface area contributed by atoms with Gasteiger partial charge in [-0.25, -0.2) is 0 Å². The predicted molar refractivity (Wildman–Crippen MR) is 78.6 cm³/mol. The van der Waals surface area contributed by atoms with E-state index in [0.717, 1.165) is 19.1 Å². The molecule has 1 aliphatic rings. The Hall–Kier alpha value is 0.1000. The van der Waals surface area contributed by atoms with Gasteiger partial charge in [0.25, 0.3) is 0 Å². The van der Waals surface area contributed by atoms with E-state index < -0.39 is 0 Å². The maximum atomic E-state index is 3.60. The molecule has 2 rings (SSSR count). The average molecular weight is 317 g/mol. The molecule has 0 spiro atoms. The SMILES string of the molecule is Brc1ccc(CNCCCC2CCCCN2)s1. The van der Waals surface area contributed by atoms with E-state index in [2.05, 4.69) is 38.7 Å². The molecule has 2 heterocycles. The van der Waals surface area contributed by atoms with E-state index in [0.29, 0.717) is 0 Å². The molecular weight excluding hydrogens is 296 g/mol. The van der Waals surface area contributed by atoms with Crippen molar-refractivity contribution in [1.29, 1.82) is 0 Å². The zero-order valence-corrected chi connectivity index (χ0v) is 12.6. The molecule has 2 N–H and O–H groups in total. The molecule has 0 radical (unpaired) electrons. The number of halogens is 1. The highest BCUT2D eigenvalue weighted by molar-refractivity contribution is 9.11. The van der Waals surface area contributed by atoms with Crippen molar-refractivity contribution in [2.75, 3.05) is 13.1 Å². The van der Waals surface area contributed by atoms with Gasteiger partial charge >= 0.3 is 0 Å². The molecule has 1 fully saturated rings. The summed E-state index contributed by atoms with van der Waals surface area (Å²) < 4.78 is 1.22. The first-order chi connectivity index (χ1) is 8.34. The number of piperidine rings is 1. The fraction of sp³-hybridized carbons (Fsp3) is 0.692. The van der Waals surface area contributed by atoms with E-state index in [1.807, 2.05) is 11.3 Å². The fourth-order valence-electron chi connectivity index (χ4n) is 2.30. The number of thiophene rings is 1. The van der Waals surface area contributed by atoms with Gasteiger partial charge in [-0.3, -0.25) is 0 Å². The van der Waals surface area contributed by atoms with E-state index in [-0.39, 0.29) is 0 Å². The monoisotopic (exact) mass is 316 g/mol. The summed E-state index contributed by atoms with van der Waals surface area (Å²) in [7, 11) is 0. The number of hydrogen-bond donors (Lipinski definition) is 2. The summed E-state index contributed by atoms with van der Waals surface area (Å²) in [4.78, 5) is 1.41.